The van der Waals surface area contributed by atoms with Gasteiger partial charge in [-0.05, 0) is 13.8 Å². The Morgan fingerprint density at radius 1 is 1.71 bits per heavy atom. The van der Waals surface area contributed by atoms with Crippen LogP contribution in [0.5, 0.6) is 0 Å². The first-order chi connectivity index (χ1) is 6.54. The van der Waals surface area contributed by atoms with E-state index in [1.165, 1.54) is 0 Å². The maximum atomic E-state index is 11.2. The first-order valence-corrected chi connectivity index (χ1v) is 4.84. The molecule has 0 fully saturated rings. The molecule has 4 nitrogen and oxygen atoms in total. The van der Waals surface area contributed by atoms with Crippen molar-refractivity contribution in [2.75, 3.05) is 0 Å². The predicted octanol–water partition coefficient (Wildman–Crippen LogP) is 1.32. The lowest BCUT2D eigenvalue weighted by atomic mass is 10.1. The summed E-state index contributed by atoms with van der Waals surface area (Å²) in [5, 5.41) is 7.14. The molecule has 0 aliphatic heterocycles. The van der Waals surface area contributed by atoms with Crippen LogP contribution in [0.4, 0.5) is 0 Å². The molecule has 1 aromatic heterocycles. The topological polar surface area (TPSA) is 46.9 Å². The van der Waals surface area contributed by atoms with Crippen LogP contribution in [-0.4, -0.2) is 15.7 Å². The summed E-state index contributed by atoms with van der Waals surface area (Å²) in [6.45, 7) is 5.76. The van der Waals surface area contributed by atoms with Crippen LogP contribution in [0, 0.1) is 6.92 Å². The van der Waals surface area contributed by atoms with E-state index >= 15 is 0 Å². The van der Waals surface area contributed by atoms with Crippen molar-refractivity contribution in [3.8, 4) is 0 Å². The van der Waals surface area contributed by atoms with Gasteiger partial charge in [-0.3, -0.25) is 9.48 Å². The highest BCUT2D eigenvalue weighted by Crippen LogP contribution is 2.15. The highest BCUT2D eigenvalue weighted by atomic mass is 16.1. The second-order valence-electron chi connectivity index (χ2n) is 3.49. The highest BCUT2D eigenvalue weighted by molar-refractivity contribution is 5.76. The molecule has 1 atom stereocenters. The first-order valence-electron chi connectivity index (χ1n) is 4.84. The number of aromatic nitrogens is 2. The van der Waals surface area contributed by atoms with Crippen molar-refractivity contribution >= 4 is 5.91 Å². The van der Waals surface area contributed by atoms with Crippen molar-refractivity contribution in [3.05, 3.63) is 17.5 Å². The van der Waals surface area contributed by atoms with Crippen molar-refractivity contribution in [3.63, 3.8) is 0 Å². The molecule has 1 rings (SSSR count). The molecule has 1 amide bonds. The maximum Gasteiger partial charge on any atom is 0.220 e. The summed E-state index contributed by atoms with van der Waals surface area (Å²) in [5.74, 6) is 0.0701. The first kappa shape index (κ1) is 10.8. The number of nitrogens with one attached hydrogen (secondary N) is 1. The Hall–Kier alpha value is -1.32. The van der Waals surface area contributed by atoms with Gasteiger partial charge in [-0.2, -0.15) is 5.10 Å². The maximum absolute atomic E-state index is 11.2. The van der Waals surface area contributed by atoms with Gasteiger partial charge in [-0.15, -0.1) is 0 Å². The second kappa shape index (κ2) is 4.26. The molecule has 14 heavy (non-hydrogen) atoms. The van der Waals surface area contributed by atoms with Gasteiger partial charge in [0.2, 0.25) is 5.91 Å². The Labute approximate surface area is 84.3 Å². The quantitative estimate of drug-likeness (QED) is 0.790. The Balaban J connectivity index is 2.73. The lowest BCUT2D eigenvalue weighted by Crippen LogP contribution is -2.25. The van der Waals surface area contributed by atoms with Gasteiger partial charge in [0.1, 0.15) is 0 Å². The van der Waals surface area contributed by atoms with E-state index in [0.717, 1.165) is 11.3 Å². The summed E-state index contributed by atoms with van der Waals surface area (Å²) in [4.78, 5) is 11.2. The number of carbonyl (C=O) groups is 1. The smallest absolute Gasteiger partial charge is 0.220 e. The van der Waals surface area contributed by atoms with E-state index in [0.29, 0.717) is 6.42 Å². The normalized spacial score (nSPS) is 12.6. The third kappa shape index (κ3) is 2.34. The minimum absolute atomic E-state index is 0.0381. The molecule has 0 radical (unpaired) electrons. The third-order valence-electron chi connectivity index (χ3n) is 2.22. The zero-order valence-electron chi connectivity index (χ0n) is 9.16. The summed E-state index contributed by atoms with van der Waals surface area (Å²) in [6, 6.07) is 0.0381. The fourth-order valence-electron chi connectivity index (χ4n) is 1.46. The van der Waals surface area contributed by atoms with E-state index in [1.807, 2.05) is 34.0 Å². The molecule has 0 spiro atoms. The number of amides is 1. The lowest BCUT2D eigenvalue weighted by Gasteiger charge is -2.11. The predicted molar refractivity (Wildman–Crippen MR) is 54.8 cm³/mol. The van der Waals surface area contributed by atoms with E-state index in [4.69, 9.17) is 0 Å². The molecular formula is C10H17N3O. The second-order valence-corrected chi connectivity index (χ2v) is 3.49. The van der Waals surface area contributed by atoms with E-state index < -0.39 is 0 Å². The van der Waals surface area contributed by atoms with Crippen LogP contribution in [0.15, 0.2) is 6.20 Å². The van der Waals surface area contributed by atoms with Crippen LogP contribution in [0.3, 0.4) is 0 Å². The zero-order valence-corrected chi connectivity index (χ0v) is 9.16. The molecule has 1 aromatic rings. The van der Waals surface area contributed by atoms with Crippen LogP contribution < -0.4 is 5.32 Å². The molecule has 1 unspecified atom stereocenters. The lowest BCUT2D eigenvalue weighted by molar-refractivity contribution is -0.121. The number of hydrogen-bond donors (Lipinski definition) is 1. The molecule has 1 heterocycles. The van der Waals surface area contributed by atoms with Gasteiger partial charge in [0, 0.05) is 25.2 Å². The van der Waals surface area contributed by atoms with Crippen LogP contribution in [0.1, 0.15) is 37.6 Å². The zero-order chi connectivity index (χ0) is 10.7. The summed E-state index contributed by atoms with van der Waals surface area (Å²) >= 11 is 0. The molecule has 78 valence electrons. The van der Waals surface area contributed by atoms with Gasteiger partial charge < -0.3 is 5.32 Å². The largest absolute Gasteiger partial charge is 0.349 e. The number of nitrogens with zero attached hydrogens (tertiary/aromatic N) is 2. The molecule has 0 aromatic carbocycles. The average molecular weight is 195 g/mol. The molecule has 0 aliphatic carbocycles. The van der Waals surface area contributed by atoms with Gasteiger partial charge >= 0.3 is 0 Å². The molecule has 4 heteroatoms. The van der Waals surface area contributed by atoms with Crippen molar-refractivity contribution in [2.45, 2.75) is 33.2 Å². The highest BCUT2D eigenvalue weighted by Gasteiger charge is 2.12. The summed E-state index contributed by atoms with van der Waals surface area (Å²) < 4.78 is 1.76. The van der Waals surface area contributed by atoms with E-state index in [-0.39, 0.29) is 11.9 Å². The van der Waals surface area contributed by atoms with Crippen molar-refractivity contribution in [2.24, 2.45) is 7.05 Å². The van der Waals surface area contributed by atoms with E-state index in [9.17, 15) is 4.79 Å². The van der Waals surface area contributed by atoms with Gasteiger partial charge in [0.05, 0.1) is 11.7 Å². The van der Waals surface area contributed by atoms with Crippen LogP contribution in [0.2, 0.25) is 0 Å². The molecule has 0 bridgehead atoms. The molecule has 1 N–H and O–H groups in total. The summed E-state index contributed by atoms with van der Waals surface area (Å²) in [5.41, 5.74) is 2.05. The standard InChI is InChI=1S/C10H17N3O/c1-5-10(14)11-7(2)9-6-13(4)12-8(9)3/h6-7H,5H2,1-4H3,(H,11,14). The minimum Gasteiger partial charge on any atom is -0.349 e. The number of hydrogen-bond acceptors (Lipinski definition) is 2. The van der Waals surface area contributed by atoms with Gasteiger partial charge in [0.25, 0.3) is 0 Å². The molecule has 0 saturated heterocycles. The number of carbonyl (C=O) groups excluding carboxylic acids is 1. The molecule has 0 aliphatic rings. The fourth-order valence-corrected chi connectivity index (χ4v) is 1.46. The van der Waals surface area contributed by atoms with E-state index in [1.54, 1.807) is 4.68 Å². The van der Waals surface area contributed by atoms with Gasteiger partial charge in [0.15, 0.2) is 0 Å². The van der Waals surface area contributed by atoms with E-state index in [2.05, 4.69) is 10.4 Å². The Bertz CT molecular complexity index is 330. The number of aryl methyl sites for hydroxylation is 2. The van der Waals surface area contributed by atoms with Gasteiger partial charge in [-0.25, -0.2) is 0 Å². The Morgan fingerprint density at radius 3 is 2.79 bits per heavy atom. The molecule has 0 saturated carbocycles. The minimum atomic E-state index is 0.0381. The Morgan fingerprint density at radius 2 is 2.36 bits per heavy atom. The fraction of sp³-hybridized carbons (Fsp3) is 0.600. The number of rotatable bonds is 3. The van der Waals surface area contributed by atoms with Crippen molar-refractivity contribution < 1.29 is 4.79 Å². The van der Waals surface area contributed by atoms with Crippen LogP contribution >= 0.6 is 0 Å². The van der Waals surface area contributed by atoms with Crippen LogP contribution in [0.25, 0.3) is 0 Å². The summed E-state index contributed by atoms with van der Waals surface area (Å²) in [6.07, 6.45) is 2.46. The molecular weight excluding hydrogens is 178 g/mol. The average Bonchev–Trinajstić information content (AvgIpc) is 2.45. The third-order valence-corrected chi connectivity index (χ3v) is 2.22. The van der Waals surface area contributed by atoms with Crippen molar-refractivity contribution in [1.82, 2.24) is 15.1 Å². The van der Waals surface area contributed by atoms with Crippen molar-refractivity contribution in [1.29, 1.82) is 0 Å². The van der Waals surface area contributed by atoms with Crippen LogP contribution in [-0.2, 0) is 11.8 Å². The SMILES string of the molecule is CCC(=O)NC(C)c1cn(C)nc1C. The van der Waals surface area contributed by atoms with Gasteiger partial charge in [-0.1, -0.05) is 6.92 Å². The monoisotopic (exact) mass is 195 g/mol. The Kier molecular flexibility index (Phi) is 3.28. The summed E-state index contributed by atoms with van der Waals surface area (Å²) in [7, 11) is 1.88.